The van der Waals surface area contributed by atoms with Crippen molar-refractivity contribution in [3.63, 3.8) is 0 Å². The molecule has 6 heteroatoms. The molecule has 22 heavy (non-hydrogen) atoms. The van der Waals surface area contributed by atoms with E-state index in [0.29, 0.717) is 18.3 Å². The molecule has 0 aromatic carbocycles. The van der Waals surface area contributed by atoms with Crippen molar-refractivity contribution in [2.45, 2.75) is 38.0 Å². The average Bonchev–Trinajstić information content (AvgIpc) is 3.19. The molecule has 1 aliphatic carbocycles. The second-order valence-corrected chi connectivity index (χ2v) is 6.60. The molecule has 0 bridgehead atoms. The van der Waals surface area contributed by atoms with E-state index in [-0.39, 0.29) is 18.2 Å². The fourth-order valence-corrected chi connectivity index (χ4v) is 3.58. The normalized spacial score (nSPS) is 27.7. The topological polar surface area (TPSA) is 75.4 Å². The van der Waals surface area contributed by atoms with Crippen molar-refractivity contribution in [3.05, 3.63) is 18.2 Å². The van der Waals surface area contributed by atoms with Crippen LogP contribution in [0.4, 0.5) is 0 Å². The number of amides is 1. The Bertz CT molecular complexity index is 569. The van der Waals surface area contributed by atoms with Gasteiger partial charge in [-0.05, 0) is 31.6 Å². The van der Waals surface area contributed by atoms with E-state index in [1.54, 1.807) is 6.33 Å². The first-order valence-corrected chi connectivity index (χ1v) is 8.03. The van der Waals surface area contributed by atoms with Crippen LogP contribution < -0.4 is 0 Å². The average molecular weight is 305 g/mol. The fraction of sp³-hybridized carbons (Fsp3) is 0.688. The third-order valence-electron chi connectivity index (χ3n) is 4.94. The van der Waals surface area contributed by atoms with Crippen LogP contribution in [0.15, 0.2) is 12.5 Å². The zero-order valence-electron chi connectivity index (χ0n) is 12.9. The van der Waals surface area contributed by atoms with E-state index in [1.807, 2.05) is 22.7 Å². The number of imidazole rings is 1. The Labute approximate surface area is 130 Å². The van der Waals surface area contributed by atoms with Crippen molar-refractivity contribution in [2.24, 2.45) is 18.9 Å². The molecule has 1 aromatic rings. The summed E-state index contributed by atoms with van der Waals surface area (Å²) in [5.74, 6) is 0.226. The third-order valence-corrected chi connectivity index (χ3v) is 4.94. The predicted octanol–water partition coefficient (Wildman–Crippen LogP) is 1.63. The standard InChI is InChI=1S/C16H23N3O3/c1-18-10-17-8-14(18)12-7-13(12)16(22)19-6-2-3-11(9-19)4-5-15(20)21/h8,10-13H,2-7,9H2,1H3,(H,20,21)/t11?,12-,13-/m1/s1. The largest absolute Gasteiger partial charge is 0.481 e. The number of likely N-dealkylation sites (tertiary alicyclic amines) is 1. The summed E-state index contributed by atoms with van der Waals surface area (Å²) in [7, 11) is 1.96. The molecule has 1 N–H and O–H groups in total. The molecule has 3 rings (SSSR count). The predicted molar refractivity (Wildman–Crippen MR) is 80.2 cm³/mol. The van der Waals surface area contributed by atoms with Gasteiger partial charge in [0.25, 0.3) is 0 Å². The molecule has 2 aliphatic rings. The Balaban J connectivity index is 1.54. The highest BCUT2D eigenvalue weighted by Crippen LogP contribution is 2.48. The number of aryl methyl sites for hydroxylation is 1. The Hall–Kier alpha value is -1.85. The lowest BCUT2D eigenvalue weighted by molar-refractivity contribution is -0.137. The van der Waals surface area contributed by atoms with E-state index in [1.165, 1.54) is 0 Å². The molecule has 0 spiro atoms. The summed E-state index contributed by atoms with van der Waals surface area (Å²) in [4.78, 5) is 29.4. The first-order chi connectivity index (χ1) is 10.6. The molecule has 2 fully saturated rings. The summed E-state index contributed by atoms with van der Waals surface area (Å²) in [6.45, 7) is 1.54. The van der Waals surface area contributed by atoms with Crippen LogP contribution in [0.2, 0.25) is 0 Å². The molecule has 1 aromatic heterocycles. The number of rotatable bonds is 5. The number of nitrogens with zero attached hydrogens (tertiary/aromatic N) is 3. The van der Waals surface area contributed by atoms with E-state index in [9.17, 15) is 9.59 Å². The molecule has 1 unspecified atom stereocenters. The van der Waals surface area contributed by atoms with Crippen molar-refractivity contribution in [2.75, 3.05) is 13.1 Å². The SMILES string of the molecule is Cn1cncc1[C@@H]1C[C@H]1C(=O)N1CCCC(CCC(=O)O)C1. The number of hydrogen-bond donors (Lipinski definition) is 1. The molecule has 3 atom stereocenters. The molecule has 0 radical (unpaired) electrons. The van der Waals surface area contributed by atoms with Gasteiger partial charge in [0.15, 0.2) is 0 Å². The summed E-state index contributed by atoms with van der Waals surface area (Å²) >= 11 is 0. The van der Waals surface area contributed by atoms with Gasteiger partial charge in [0.2, 0.25) is 5.91 Å². The fourth-order valence-electron chi connectivity index (χ4n) is 3.58. The van der Waals surface area contributed by atoms with Gasteiger partial charge >= 0.3 is 5.97 Å². The van der Waals surface area contributed by atoms with Gasteiger partial charge in [-0.25, -0.2) is 4.98 Å². The second kappa shape index (κ2) is 6.10. The molecule has 6 nitrogen and oxygen atoms in total. The van der Waals surface area contributed by atoms with Crippen molar-refractivity contribution in [1.82, 2.24) is 14.5 Å². The minimum atomic E-state index is -0.748. The third kappa shape index (κ3) is 3.15. The minimum Gasteiger partial charge on any atom is -0.481 e. The molecule has 1 aliphatic heterocycles. The van der Waals surface area contributed by atoms with Gasteiger partial charge in [0.05, 0.1) is 6.33 Å². The van der Waals surface area contributed by atoms with Crippen LogP contribution in [0, 0.1) is 11.8 Å². The van der Waals surface area contributed by atoms with E-state index in [4.69, 9.17) is 5.11 Å². The Morgan fingerprint density at radius 2 is 2.27 bits per heavy atom. The van der Waals surface area contributed by atoms with Crippen LogP contribution in [0.1, 0.15) is 43.7 Å². The summed E-state index contributed by atoms with van der Waals surface area (Å²) in [5, 5.41) is 8.80. The van der Waals surface area contributed by atoms with E-state index >= 15 is 0 Å². The van der Waals surface area contributed by atoms with Crippen LogP contribution in [0.3, 0.4) is 0 Å². The van der Waals surface area contributed by atoms with E-state index in [2.05, 4.69) is 4.98 Å². The van der Waals surface area contributed by atoms with Crippen LogP contribution in [-0.4, -0.2) is 44.5 Å². The quantitative estimate of drug-likeness (QED) is 0.897. The number of aliphatic carboxylic acids is 1. The van der Waals surface area contributed by atoms with Gasteiger partial charge in [-0.2, -0.15) is 0 Å². The first-order valence-electron chi connectivity index (χ1n) is 8.03. The summed E-state index contributed by atoms with van der Waals surface area (Å²) in [5.41, 5.74) is 1.14. The van der Waals surface area contributed by atoms with E-state index < -0.39 is 5.97 Å². The zero-order valence-corrected chi connectivity index (χ0v) is 12.9. The highest BCUT2D eigenvalue weighted by Gasteiger charge is 2.47. The van der Waals surface area contributed by atoms with Crippen molar-refractivity contribution in [3.8, 4) is 0 Å². The number of carbonyl (C=O) groups is 2. The van der Waals surface area contributed by atoms with Crippen LogP contribution >= 0.6 is 0 Å². The molecular formula is C16H23N3O3. The van der Waals surface area contributed by atoms with E-state index in [0.717, 1.165) is 38.0 Å². The highest BCUT2D eigenvalue weighted by molar-refractivity contribution is 5.83. The maximum absolute atomic E-state index is 12.6. The second-order valence-electron chi connectivity index (χ2n) is 6.60. The first kappa shape index (κ1) is 15.1. The molecule has 120 valence electrons. The number of piperidine rings is 1. The number of aromatic nitrogens is 2. The van der Waals surface area contributed by atoms with Gasteiger partial charge < -0.3 is 14.6 Å². The lowest BCUT2D eigenvalue weighted by Crippen LogP contribution is -2.41. The highest BCUT2D eigenvalue weighted by atomic mass is 16.4. The van der Waals surface area contributed by atoms with Gasteiger partial charge in [0, 0.05) is 50.3 Å². The minimum absolute atomic E-state index is 0.0913. The van der Waals surface area contributed by atoms with Gasteiger partial charge in [-0.3, -0.25) is 9.59 Å². The molecule has 1 amide bonds. The van der Waals surface area contributed by atoms with Gasteiger partial charge in [-0.15, -0.1) is 0 Å². The van der Waals surface area contributed by atoms with Gasteiger partial charge in [-0.1, -0.05) is 0 Å². The molecular weight excluding hydrogens is 282 g/mol. The molecule has 2 heterocycles. The summed E-state index contributed by atoms with van der Waals surface area (Å²) in [6.07, 6.45) is 7.44. The maximum Gasteiger partial charge on any atom is 0.303 e. The lowest BCUT2D eigenvalue weighted by Gasteiger charge is -2.33. The molecule has 1 saturated carbocycles. The van der Waals surface area contributed by atoms with Crippen LogP contribution in [-0.2, 0) is 16.6 Å². The van der Waals surface area contributed by atoms with Crippen LogP contribution in [0.5, 0.6) is 0 Å². The van der Waals surface area contributed by atoms with Crippen molar-refractivity contribution >= 4 is 11.9 Å². The Morgan fingerprint density at radius 3 is 2.95 bits per heavy atom. The summed E-state index contributed by atoms with van der Waals surface area (Å²) < 4.78 is 1.99. The number of carbonyl (C=O) groups excluding carboxylic acids is 1. The molecule has 1 saturated heterocycles. The number of carboxylic acids is 1. The number of carboxylic acid groups (broad SMARTS) is 1. The lowest BCUT2D eigenvalue weighted by atomic mass is 9.93. The maximum atomic E-state index is 12.6. The Kier molecular flexibility index (Phi) is 4.18. The van der Waals surface area contributed by atoms with Gasteiger partial charge in [0.1, 0.15) is 0 Å². The van der Waals surface area contributed by atoms with Crippen molar-refractivity contribution in [1.29, 1.82) is 0 Å². The summed E-state index contributed by atoms with van der Waals surface area (Å²) in [6, 6.07) is 0. The smallest absolute Gasteiger partial charge is 0.303 e. The number of hydrogen-bond acceptors (Lipinski definition) is 3. The zero-order chi connectivity index (χ0) is 15.7. The monoisotopic (exact) mass is 305 g/mol. The van der Waals surface area contributed by atoms with Crippen molar-refractivity contribution < 1.29 is 14.7 Å². The Morgan fingerprint density at radius 1 is 1.45 bits per heavy atom. The van der Waals surface area contributed by atoms with Crippen LogP contribution in [0.25, 0.3) is 0 Å².